The number of aryl methyl sites for hydroxylation is 2. The van der Waals surface area contributed by atoms with Gasteiger partial charge in [-0.05, 0) is 44.6 Å². The van der Waals surface area contributed by atoms with Gasteiger partial charge in [-0.15, -0.1) is 0 Å². The molecule has 0 aliphatic heterocycles. The van der Waals surface area contributed by atoms with Crippen LogP contribution in [0.4, 0.5) is 0 Å². The molecule has 0 heterocycles. The fourth-order valence-electron chi connectivity index (χ4n) is 3.01. The molecular formula is C15H23N. The molecule has 1 aliphatic carbocycles. The summed E-state index contributed by atoms with van der Waals surface area (Å²) in [7, 11) is 0. The molecule has 2 N–H and O–H groups in total. The van der Waals surface area contributed by atoms with Gasteiger partial charge in [-0.3, -0.25) is 0 Å². The van der Waals surface area contributed by atoms with Crippen LogP contribution in [0, 0.1) is 19.8 Å². The molecule has 0 bridgehead atoms. The van der Waals surface area contributed by atoms with Gasteiger partial charge >= 0.3 is 0 Å². The standard InChI is InChI=1S/C15H23N/c1-11-7-12(2)9-13(8-11)10-15(16)14-5-3-4-6-14/h7-9,14-15H,3-6,10,16H2,1-2H3. The van der Waals surface area contributed by atoms with Gasteiger partial charge in [0, 0.05) is 6.04 Å². The van der Waals surface area contributed by atoms with Crippen LogP contribution < -0.4 is 5.73 Å². The van der Waals surface area contributed by atoms with Gasteiger partial charge in [0.25, 0.3) is 0 Å². The van der Waals surface area contributed by atoms with Crippen molar-refractivity contribution in [1.29, 1.82) is 0 Å². The molecule has 0 radical (unpaired) electrons. The number of rotatable bonds is 3. The Kier molecular flexibility index (Phi) is 3.65. The molecule has 1 nitrogen and oxygen atoms in total. The average Bonchev–Trinajstić information content (AvgIpc) is 2.68. The van der Waals surface area contributed by atoms with Crippen molar-refractivity contribution < 1.29 is 0 Å². The highest BCUT2D eigenvalue weighted by Gasteiger charge is 2.21. The van der Waals surface area contributed by atoms with Gasteiger partial charge in [-0.1, -0.05) is 42.2 Å². The van der Waals surface area contributed by atoms with Crippen LogP contribution in [-0.2, 0) is 6.42 Å². The molecular weight excluding hydrogens is 194 g/mol. The summed E-state index contributed by atoms with van der Waals surface area (Å²) in [5, 5.41) is 0. The molecule has 1 atom stereocenters. The quantitative estimate of drug-likeness (QED) is 0.825. The molecule has 1 fully saturated rings. The van der Waals surface area contributed by atoms with E-state index in [1.165, 1.54) is 42.4 Å². The molecule has 1 unspecified atom stereocenters. The van der Waals surface area contributed by atoms with Crippen LogP contribution in [0.25, 0.3) is 0 Å². The average molecular weight is 217 g/mol. The van der Waals surface area contributed by atoms with Gasteiger partial charge < -0.3 is 5.73 Å². The van der Waals surface area contributed by atoms with Gasteiger partial charge in [0.15, 0.2) is 0 Å². The van der Waals surface area contributed by atoms with E-state index < -0.39 is 0 Å². The van der Waals surface area contributed by atoms with Crippen LogP contribution in [0.5, 0.6) is 0 Å². The van der Waals surface area contributed by atoms with Crippen molar-refractivity contribution in [2.24, 2.45) is 11.7 Å². The largest absolute Gasteiger partial charge is 0.327 e. The zero-order chi connectivity index (χ0) is 11.5. The summed E-state index contributed by atoms with van der Waals surface area (Å²) in [6, 6.07) is 7.15. The van der Waals surface area contributed by atoms with Crippen LogP contribution in [0.2, 0.25) is 0 Å². The molecule has 0 saturated heterocycles. The minimum absolute atomic E-state index is 0.365. The zero-order valence-electron chi connectivity index (χ0n) is 10.5. The molecule has 1 aliphatic rings. The molecule has 88 valence electrons. The normalized spacial score (nSPS) is 18.9. The van der Waals surface area contributed by atoms with Crippen LogP contribution in [0.3, 0.4) is 0 Å². The minimum atomic E-state index is 0.365. The highest BCUT2D eigenvalue weighted by molar-refractivity contribution is 5.29. The third-order valence-corrected chi connectivity index (χ3v) is 3.76. The molecule has 2 rings (SSSR count). The van der Waals surface area contributed by atoms with Crippen LogP contribution in [-0.4, -0.2) is 6.04 Å². The Morgan fingerprint density at radius 2 is 1.69 bits per heavy atom. The third-order valence-electron chi connectivity index (χ3n) is 3.76. The molecule has 1 heteroatoms. The highest BCUT2D eigenvalue weighted by Crippen LogP contribution is 2.28. The van der Waals surface area contributed by atoms with E-state index in [0.717, 1.165) is 12.3 Å². The second-order valence-electron chi connectivity index (χ2n) is 5.41. The monoisotopic (exact) mass is 217 g/mol. The van der Waals surface area contributed by atoms with Crippen molar-refractivity contribution in [3.63, 3.8) is 0 Å². The van der Waals surface area contributed by atoms with Crippen LogP contribution in [0.1, 0.15) is 42.4 Å². The lowest BCUT2D eigenvalue weighted by Crippen LogP contribution is -2.30. The molecule has 0 amide bonds. The second kappa shape index (κ2) is 5.01. The number of benzene rings is 1. The van der Waals surface area contributed by atoms with Gasteiger partial charge in [0.05, 0.1) is 0 Å². The first-order valence-electron chi connectivity index (χ1n) is 6.48. The summed E-state index contributed by atoms with van der Waals surface area (Å²) in [5.74, 6) is 0.765. The lowest BCUT2D eigenvalue weighted by atomic mass is 9.92. The fourth-order valence-corrected chi connectivity index (χ4v) is 3.01. The third kappa shape index (κ3) is 2.85. The highest BCUT2D eigenvalue weighted by atomic mass is 14.7. The summed E-state index contributed by atoms with van der Waals surface area (Å²) < 4.78 is 0. The van der Waals surface area contributed by atoms with E-state index in [1.807, 2.05) is 0 Å². The molecule has 1 aromatic rings. The van der Waals surface area contributed by atoms with Crippen molar-refractivity contribution in [3.05, 3.63) is 34.9 Å². The lowest BCUT2D eigenvalue weighted by Gasteiger charge is -2.19. The van der Waals surface area contributed by atoms with E-state index in [1.54, 1.807) is 0 Å². The van der Waals surface area contributed by atoms with E-state index in [-0.39, 0.29) is 0 Å². The number of nitrogens with two attached hydrogens (primary N) is 1. The first kappa shape index (κ1) is 11.7. The van der Waals surface area contributed by atoms with Crippen molar-refractivity contribution >= 4 is 0 Å². The van der Waals surface area contributed by atoms with E-state index >= 15 is 0 Å². The molecule has 0 spiro atoms. The summed E-state index contributed by atoms with van der Waals surface area (Å²) in [4.78, 5) is 0. The van der Waals surface area contributed by atoms with E-state index in [2.05, 4.69) is 32.0 Å². The Labute approximate surface area is 99.0 Å². The molecule has 0 aromatic heterocycles. The van der Waals surface area contributed by atoms with Crippen molar-refractivity contribution in [3.8, 4) is 0 Å². The molecule has 16 heavy (non-hydrogen) atoms. The van der Waals surface area contributed by atoms with Crippen LogP contribution in [0.15, 0.2) is 18.2 Å². The zero-order valence-corrected chi connectivity index (χ0v) is 10.5. The maximum Gasteiger partial charge on any atom is 0.0108 e. The fraction of sp³-hybridized carbons (Fsp3) is 0.600. The van der Waals surface area contributed by atoms with Gasteiger partial charge in [-0.2, -0.15) is 0 Å². The van der Waals surface area contributed by atoms with Crippen molar-refractivity contribution in [1.82, 2.24) is 0 Å². The Morgan fingerprint density at radius 1 is 1.12 bits per heavy atom. The first-order chi connectivity index (χ1) is 7.65. The first-order valence-corrected chi connectivity index (χ1v) is 6.48. The van der Waals surface area contributed by atoms with Gasteiger partial charge in [0.2, 0.25) is 0 Å². The van der Waals surface area contributed by atoms with Crippen molar-refractivity contribution in [2.75, 3.05) is 0 Å². The summed E-state index contributed by atoms with van der Waals surface area (Å²) in [6.07, 6.45) is 6.49. The van der Waals surface area contributed by atoms with Gasteiger partial charge in [0.1, 0.15) is 0 Å². The maximum absolute atomic E-state index is 6.31. The Hall–Kier alpha value is -0.820. The predicted molar refractivity (Wildman–Crippen MR) is 69.6 cm³/mol. The van der Waals surface area contributed by atoms with Crippen LogP contribution >= 0.6 is 0 Å². The van der Waals surface area contributed by atoms with Gasteiger partial charge in [-0.25, -0.2) is 0 Å². The topological polar surface area (TPSA) is 26.0 Å². The summed E-state index contributed by atoms with van der Waals surface area (Å²) in [6.45, 7) is 4.33. The lowest BCUT2D eigenvalue weighted by molar-refractivity contribution is 0.429. The Bertz CT molecular complexity index is 330. The predicted octanol–water partition coefficient (Wildman–Crippen LogP) is 3.36. The minimum Gasteiger partial charge on any atom is -0.327 e. The summed E-state index contributed by atoms with van der Waals surface area (Å²) >= 11 is 0. The smallest absolute Gasteiger partial charge is 0.0108 e. The SMILES string of the molecule is Cc1cc(C)cc(CC(N)C2CCCC2)c1. The second-order valence-corrected chi connectivity index (χ2v) is 5.41. The number of hydrogen-bond donors (Lipinski definition) is 1. The molecule has 1 aromatic carbocycles. The Balaban J connectivity index is 2.02. The number of hydrogen-bond acceptors (Lipinski definition) is 1. The summed E-state index contributed by atoms with van der Waals surface area (Å²) in [5.41, 5.74) is 10.4. The molecule has 1 saturated carbocycles. The maximum atomic E-state index is 6.31. The van der Waals surface area contributed by atoms with E-state index in [0.29, 0.717) is 6.04 Å². The van der Waals surface area contributed by atoms with E-state index in [9.17, 15) is 0 Å². The van der Waals surface area contributed by atoms with Crippen molar-refractivity contribution in [2.45, 2.75) is 52.0 Å². The Morgan fingerprint density at radius 3 is 2.25 bits per heavy atom. The van der Waals surface area contributed by atoms with E-state index in [4.69, 9.17) is 5.73 Å².